The fourth-order valence-electron chi connectivity index (χ4n) is 6.06. The van der Waals surface area contributed by atoms with Crippen LogP contribution in [0.5, 0.6) is 5.75 Å². The van der Waals surface area contributed by atoms with Crippen LogP contribution in [0.1, 0.15) is 75.2 Å². The molecule has 0 radical (unpaired) electrons. The number of fused-ring (bicyclic) bond motifs is 6. The average Bonchev–Trinajstić information content (AvgIpc) is 3.68. The van der Waals surface area contributed by atoms with E-state index < -0.39 is 0 Å². The molecule has 7 nitrogen and oxygen atoms in total. The number of aromatic amines is 2. The van der Waals surface area contributed by atoms with E-state index in [0.717, 1.165) is 87.3 Å². The largest absolute Gasteiger partial charge is 0.488 e. The first-order chi connectivity index (χ1) is 19.0. The van der Waals surface area contributed by atoms with Crippen LogP contribution in [-0.4, -0.2) is 26.0 Å². The van der Waals surface area contributed by atoms with Gasteiger partial charge in [-0.05, 0) is 67.0 Å². The summed E-state index contributed by atoms with van der Waals surface area (Å²) in [6.07, 6.45) is 5.31. The van der Waals surface area contributed by atoms with Gasteiger partial charge in [0.15, 0.2) is 0 Å². The number of rotatable bonds is 6. The van der Waals surface area contributed by atoms with Crippen molar-refractivity contribution in [2.24, 2.45) is 5.73 Å². The van der Waals surface area contributed by atoms with E-state index in [1.807, 2.05) is 0 Å². The second-order valence-corrected chi connectivity index (χ2v) is 11.4. The maximum absolute atomic E-state index is 6.57. The Kier molecular flexibility index (Phi) is 6.10. The van der Waals surface area contributed by atoms with Crippen LogP contribution in [0.4, 0.5) is 0 Å². The highest BCUT2D eigenvalue weighted by atomic mass is 35.5. The molecule has 0 bridgehead atoms. The molecule has 0 amide bonds. The first kappa shape index (κ1) is 24.6. The number of imidazole rings is 2. The second-order valence-electron chi connectivity index (χ2n) is 11.0. The third kappa shape index (κ3) is 4.29. The van der Waals surface area contributed by atoms with E-state index in [9.17, 15) is 0 Å². The number of nitrogens with two attached hydrogens (primary N) is 1. The summed E-state index contributed by atoms with van der Waals surface area (Å²) in [6.45, 7) is 4.87. The molecule has 2 aliphatic heterocycles. The molecule has 3 aromatic carbocycles. The Labute approximate surface area is 232 Å². The maximum Gasteiger partial charge on any atom is 0.134 e. The van der Waals surface area contributed by atoms with Gasteiger partial charge in [0.2, 0.25) is 0 Å². The van der Waals surface area contributed by atoms with Gasteiger partial charge in [-0.2, -0.15) is 0 Å². The number of H-pyrrole nitrogens is 2. The van der Waals surface area contributed by atoms with Gasteiger partial charge < -0.3 is 25.8 Å². The quantitative estimate of drug-likeness (QED) is 0.180. The SMILES string of the molecule is CCCCC(N)c1nc(-c2ccc3c(c2)COc2cc4c(ccc5[nH]c(C6CCC(C)N6)nc54)cc2-3)c(Cl)[nH]1. The second kappa shape index (κ2) is 9.66. The Bertz CT molecular complexity index is 1700. The minimum Gasteiger partial charge on any atom is -0.488 e. The van der Waals surface area contributed by atoms with Crippen LogP contribution in [0.25, 0.3) is 44.2 Å². The number of unbranched alkanes of at least 4 members (excludes halogenated alkanes) is 1. The standard InChI is InChI=1S/C31H33ClN6O/c1-3-4-5-23(33)30-36-27(29(32)38-30)18-7-9-20-19(12-18)15-39-26-14-21-17(13-22(20)26)8-11-24-28(21)37-31(35-24)25-10-6-16(2)34-25/h7-9,11-14,16,23,25,34H,3-6,10,15,33H2,1-2H3,(H,35,37)(H,36,38). The summed E-state index contributed by atoms with van der Waals surface area (Å²) < 4.78 is 6.30. The third-order valence-corrected chi connectivity index (χ3v) is 8.51. The zero-order valence-electron chi connectivity index (χ0n) is 22.3. The van der Waals surface area contributed by atoms with Gasteiger partial charge in [0.25, 0.3) is 0 Å². The molecule has 8 heteroatoms. The zero-order valence-corrected chi connectivity index (χ0v) is 23.0. The van der Waals surface area contributed by atoms with Crippen molar-refractivity contribution in [2.45, 2.75) is 70.7 Å². The minimum atomic E-state index is -0.146. The molecular weight excluding hydrogens is 508 g/mol. The van der Waals surface area contributed by atoms with Crippen LogP contribution in [0.15, 0.2) is 42.5 Å². The normalized spacial score (nSPS) is 19.3. The van der Waals surface area contributed by atoms with Gasteiger partial charge in [-0.1, -0.05) is 49.6 Å². The van der Waals surface area contributed by atoms with E-state index in [2.05, 4.69) is 71.6 Å². The van der Waals surface area contributed by atoms with Crippen molar-refractivity contribution < 1.29 is 4.74 Å². The molecule has 2 aliphatic rings. The minimum absolute atomic E-state index is 0.146. The summed E-state index contributed by atoms with van der Waals surface area (Å²) in [5.41, 5.74) is 13.5. The number of benzene rings is 3. The van der Waals surface area contributed by atoms with Crippen LogP contribution in [-0.2, 0) is 6.61 Å². The van der Waals surface area contributed by atoms with E-state index in [1.54, 1.807) is 0 Å². The Morgan fingerprint density at radius 2 is 1.97 bits per heavy atom. The summed E-state index contributed by atoms with van der Waals surface area (Å²) in [5, 5.41) is 6.41. The summed E-state index contributed by atoms with van der Waals surface area (Å²) in [6, 6.07) is 15.7. The lowest BCUT2D eigenvalue weighted by Crippen LogP contribution is -2.21. The fraction of sp³-hybridized carbons (Fsp3) is 0.355. The van der Waals surface area contributed by atoms with E-state index in [-0.39, 0.29) is 12.1 Å². The molecule has 3 unspecified atom stereocenters. The highest BCUT2D eigenvalue weighted by Crippen LogP contribution is 2.43. The lowest BCUT2D eigenvalue weighted by Gasteiger charge is -2.22. The van der Waals surface area contributed by atoms with E-state index in [4.69, 9.17) is 32.0 Å². The number of hydrogen-bond donors (Lipinski definition) is 4. The summed E-state index contributed by atoms with van der Waals surface area (Å²) in [7, 11) is 0. The van der Waals surface area contributed by atoms with Gasteiger partial charge in [-0.25, -0.2) is 9.97 Å². The number of aromatic nitrogens is 4. The number of ether oxygens (including phenoxy) is 1. The molecule has 5 N–H and O–H groups in total. The molecule has 1 fully saturated rings. The lowest BCUT2D eigenvalue weighted by molar-refractivity contribution is 0.303. The number of nitrogens with one attached hydrogen (secondary N) is 3. The smallest absolute Gasteiger partial charge is 0.134 e. The van der Waals surface area contributed by atoms with E-state index >= 15 is 0 Å². The zero-order chi connectivity index (χ0) is 26.7. The third-order valence-electron chi connectivity index (χ3n) is 8.24. The molecule has 0 saturated carbocycles. The average molecular weight is 541 g/mol. The summed E-state index contributed by atoms with van der Waals surface area (Å²) in [4.78, 5) is 16.5. The number of halogens is 1. The molecule has 5 aromatic rings. The Morgan fingerprint density at radius 3 is 2.79 bits per heavy atom. The van der Waals surface area contributed by atoms with Crippen molar-refractivity contribution in [2.75, 3.05) is 0 Å². The van der Waals surface area contributed by atoms with Gasteiger partial charge in [-0.3, -0.25) is 0 Å². The molecule has 1 saturated heterocycles. The van der Waals surface area contributed by atoms with Crippen LogP contribution < -0.4 is 15.8 Å². The van der Waals surface area contributed by atoms with Gasteiger partial charge in [-0.15, -0.1) is 0 Å². The van der Waals surface area contributed by atoms with Crippen LogP contribution >= 0.6 is 11.6 Å². The first-order valence-corrected chi connectivity index (χ1v) is 14.4. The molecule has 0 aliphatic carbocycles. The van der Waals surface area contributed by atoms with Crippen molar-refractivity contribution in [3.05, 3.63) is 64.8 Å². The van der Waals surface area contributed by atoms with Crippen LogP contribution in [0, 0.1) is 0 Å². The van der Waals surface area contributed by atoms with Gasteiger partial charge >= 0.3 is 0 Å². The number of hydrogen-bond acceptors (Lipinski definition) is 5. The highest BCUT2D eigenvalue weighted by molar-refractivity contribution is 6.32. The lowest BCUT2D eigenvalue weighted by atomic mass is 9.92. The molecule has 39 heavy (non-hydrogen) atoms. The molecule has 7 rings (SSSR count). The number of nitrogens with zero attached hydrogens (tertiary/aromatic N) is 2. The predicted octanol–water partition coefficient (Wildman–Crippen LogP) is 7.32. The molecule has 2 aromatic heterocycles. The van der Waals surface area contributed by atoms with Gasteiger partial charge in [0.05, 0.1) is 23.1 Å². The first-order valence-electron chi connectivity index (χ1n) is 14.0. The van der Waals surface area contributed by atoms with E-state index in [0.29, 0.717) is 17.8 Å². The Hall–Kier alpha value is -3.39. The highest BCUT2D eigenvalue weighted by Gasteiger charge is 2.26. The van der Waals surface area contributed by atoms with E-state index in [1.165, 1.54) is 12.0 Å². The summed E-state index contributed by atoms with van der Waals surface area (Å²) >= 11 is 6.57. The molecular formula is C31H33ClN6O. The molecule has 4 heterocycles. The molecule has 3 atom stereocenters. The maximum atomic E-state index is 6.57. The van der Waals surface area contributed by atoms with Crippen molar-refractivity contribution in [1.29, 1.82) is 0 Å². The summed E-state index contributed by atoms with van der Waals surface area (Å²) in [5.74, 6) is 2.64. The Balaban J connectivity index is 1.24. The van der Waals surface area contributed by atoms with Gasteiger partial charge in [0.1, 0.15) is 34.9 Å². The van der Waals surface area contributed by atoms with Gasteiger partial charge in [0, 0.05) is 22.6 Å². The molecule has 0 spiro atoms. The fourth-order valence-corrected chi connectivity index (χ4v) is 6.31. The van der Waals surface area contributed by atoms with Crippen molar-refractivity contribution in [1.82, 2.24) is 25.3 Å². The Morgan fingerprint density at radius 1 is 1.08 bits per heavy atom. The predicted molar refractivity (Wildman–Crippen MR) is 157 cm³/mol. The monoisotopic (exact) mass is 540 g/mol. The van der Waals surface area contributed by atoms with Crippen molar-refractivity contribution >= 4 is 33.4 Å². The van der Waals surface area contributed by atoms with Crippen molar-refractivity contribution in [3.8, 4) is 28.1 Å². The van der Waals surface area contributed by atoms with Crippen LogP contribution in [0.3, 0.4) is 0 Å². The van der Waals surface area contributed by atoms with Crippen LogP contribution in [0.2, 0.25) is 5.15 Å². The van der Waals surface area contributed by atoms with Crippen molar-refractivity contribution in [3.63, 3.8) is 0 Å². The molecule has 200 valence electrons. The topological polar surface area (TPSA) is 105 Å².